The van der Waals surface area contributed by atoms with Crippen LogP contribution in [0.15, 0.2) is 96.9 Å². The Bertz CT molecular complexity index is 1360. The summed E-state index contributed by atoms with van der Waals surface area (Å²) in [6.45, 7) is 12.5. The molecule has 0 radical (unpaired) electrons. The molecule has 0 saturated heterocycles. The van der Waals surface area contributed by atoms with Crippen LogP contribution in [-0.4, -0.2) is 44.8 Å². The van der Waals surface area contributed by atoms with Gasteiger partial charge in [0.1, 0.15) is 17.2 Å². The lowest BCUT2D eigenvalue weighted by Crippen LogP contribution is -2.09. The van der Waals surface area contributed by atoms with Crippen LogP contribution in [0, 0.1) is 6.92 Å². The molecule has 0 heterocycles. The first-order valence-electron chi connectivity index (χ1n) is 14.6. The predicted octanol–water partition coefficient (Wildman–Crippen LogP) is 7.64. The Balaban J connectivity index is 0.00000236. The lowest BCUT2D eigenvalue weighted by atomic mass is 10.2. The van der Waals surface area contributed by atoms with Crippen LogP contribution in [0.3, 0.4) is 0 Å². The summed E-state index contributed by atoms with van der Waals surface area (Å²) >= 11 is 1.05. The zero-order valence-corrected chi connectivity index (χ0v) is 27.0. The van der Waals surface area contributed by atoms with E-state index in [-0.39, 0.29) is 0 Å². The monoisotopic (exact) mass is 652 g/mol. The third kappa shape index (κ3) is 15.3. The summed E-state index contributed by atoms with van der Waals surface area (Å²) in [5.41, 5.74) is 1.07. The van der Waals surface area contributed by atoms with Crippen molar-refractivity contribution in [3.63, 3.8) is 0 Å². The second-order valence-corrected chi connectivity index (χ2v) is 10.2. The van der Waals surface area contributed by atoms with E-state index in [0.717, 1.165) is 41.6 Å². The van der Waals surface area contributed by atoms with E-state index in [2.05, 4.69) is 17.9 Å². The fourth-order valence-electron chi connectivity index (χ4n) is 3.47. The number of benzene rings is 3. The molecule has 0 spiro atoms. The predicted molar refractivity (Wildman–Crippen MR) is 175 cm³/mol. The van der Waals surface area contributed by atoms with Gasteiger partial charge in [0.25, 0.3) is 6.47 Å². The van der Waals surface area contributed by atoms with Crippen molar-refractivity contribution in [1.82, 2.24) is 0 Å². The first kappa shape index (κ1) is 37.4. The fourth-order valence-corrected chi connectivity index (χ4v) is 3.91. The SMILES string of the molecule is C=CC.C=CC(=O)OCCCCOc1ccc(C(=O)Oc2ccc(OOSc3ccc(OCCCCOC=O)cc3)cc2C)cc1. The molecule has 0 aromatic heterocycles. The van der Waals surface area contributed by atoms with Gasteiger partial charge in [0.2, 0.25) is 0 Å². The van der Waals surface area contributed by atoms with Gasteiger partial charge in [-0.1, -0.05) is 12.7 Å². The van der Waals surface area contributed by atoms with Gasteiger partial charge >= 0.3 is 11.9 Å². The van der Waals surface area contributed by atoms with E-state index in [9.17, 15) is 14.4 Å². The van der Waals surface area contributed by atoms with Crippen molar-refractivity contribution in [3.8, 4) is 23.0 Å². The molecule has 0 aliphatic rings. The van der Waals surface area contributed by atoms with Gasteiger partial charge in [-0.15, -0.1) is 10.9 Å². The molecule has 0 unspecified atom stereocenters. The third-order valence-corrected chi connectivity index (χ3v) is 6.34. The Morgan fingerprint density at radius 3 is 1.93 bits per heavy atom. The number of rotatable bonds is 20. The van der Waals surface area contributed by atoms with Crippen molar-refractivity contribution < 1.29 is 47.3 Å². The molecule has 0 atom stereocenters. The molecule has 0 aliphatic heterocycles. The summed E-state index contributed by atoms with van der Waals surface area (Å²) in [6.07, 6.45) is 5.79. The van der Waals surface area contributed by atoms with Gasteiger partial charge in [-0.05, 0) is 112 Å². The topological polar surface area (TPSA) is 116 Å². The molecule has 3 rings (SSSR count). The summed E-state index contributed by atoms with van der Waals surface area (Å²) in [4.78, 5) is 40.0. The van der Waals surface area contributed by atoms with Crippen molar-refractivity contribution in [2.24, 2.45) is 0 Å². The smallest absolute Gasteiger partial charge is 0.343 e. The minimum atomic E-state index is -0.501. The number of hydrogen-bond acceptors (Lipinski definition) is 11. The van der Waals surface area contributed by atoms with Crippen LogP contribution in [-0.2, 0) is 23.4 Å². The van der Waals surface area contributed by atoms with Crippen LogP contribution in [0.25, 0.3) is 0 Å². The van der Waals surface area contributed by atoms with E-state index < -0.39 is 11.9 Å². The highest BCUT2D eigenvalue weighted by molar-refractivity contribution is 7.94. The minimum Gasteiger partial charge on any atom is -0.494 e. The zero-order valence-electron chi connectivity index (χ0n) is 26.1. The van der Waals surface area contributed by atoms with Gasteiger partial charge in [-0.3, -0.25) is 4.79 Å². The first-order chi connectivity index (χ1) is 22.4. The number of hydrogen-bond donors (Lipinski definition) is 0. The van der Waals surface area contributed by atoms with Crippen LogP contribution in [0.1, 0.15) is 48.5 Å². The highest BCUT2D eigenvalue weighted by atomic mass is 32.2. The lowest BCUT2D eigenvalue weighted by molar-refractivity contribution is -0.137. The highest BCUT2D eigenvalue weighted by Crippen LogP contribution is 2.28. The van der Waals surface area contributed by atoms with Gasteiger partial charge in [-0.2, -0.15) is 0 Å². The molecule has 3 aromatic rings. The van der Waals surface area contributed by atoms with Crippen molar-refractivity contribution in [2.75, 3.05) is 26.4 Å². The molecule has 0 amide bonds. The van der Waals surface area contributed by atoms with Crippen LogP contribution >= 0.6 is 12.0 Å². The Morgan fingerprint density at radius 2 is 1.35 bits per heavy atom. The largest absolute Gasteiger partial charge is 0.494 e. The van der Waals surface area contributed by atoms with Crippen LogP contribution in [0.5, 0.6) is 23.0 Å². The molecule has 3 aromatic carbocycles. The molecule has 0 N–H and O–H groups in total. The number of aryl methyl sites for hydroxylation is 1. The fraction of sp³-hybridized carbons (Fsp3) is 0.286. The van der Waals surface area contributed by atoms with Crippen LogP contribution < -0.4 is 19.1 Å². The van der Waals surface area contributed by atoms with Gasteiger partial charge in [-0.25, -0.2) is 9.59 Å². The molecule has 0 bridgehead atoms. The molecule has 0 aliphatic carbocycles. The van der Waals surface area contributed by atoms with Gasteiger partial charge in [0.05, 0.1) is 44.0 Å². The van der Waals surface area contributed by atoms with Crippen LogP contribution in [0.2, 0.25) is 0 Å². The molecule has 246 valence electrons. The minimum absolute atomic E-state index is 0.312. The van der Waals surface area contributed by atoms with E-state index in [0.29, 0.717) is 74.1 Å². The number of carbonyl (C=O) groups excluding carboxylic acids is 3. The average Bonchev–Trinajstić information content (AvgIpc) is 3.06. The Kier molecular flexibility index (Phi) is 18.5. The number of ether oxygens (including phenoxy) is 5. The maximum Gasteiger partial charge on any atom is 0.343 e. The second kappa shape index (κ2) is 22.7. The standard InChI is InChI=1S/C32H34O10S.C3H6/c1-3-31(34)39-21-7-6-20-37-26-10-8-25(9-11-26)32(35)40-30-17-14-28(22-24(30)2)41-42-43-29-15-12-27(13-16-29)38-19-5-4-18-36-23-33;1-3-2/h3,8-17,22-23H,1,4-7,18-21H2,2H3;3H,1H2,2H3. The molecule has 46 heavy (non-hydrogen) atoms. The van der Waals surface area contributed by atoms with Gasteiger partial charge in [0, 0.05) is 11.0 Å². The van der Waals surface area contributed by atoms with Crippen molar-refractivity contribution in [1.29, 1.82) is 0 Å². The van der Waals surface area contributed by atoms with Crippen molar-refractivity contribution in [3.05, 3.63) is 103 Å². The average molecular weight is 653 g/mol. The number of unbranched alkanes of at least 4 members (excludes halogenated alkanes) is 2. The third-order valence-electron chi connectivity index (χ3n) is 5.73. The molecule has 10 nitrogen and oxygen atoms in total. The first-order valence-corrected chi connectivity index (χ1v) is 15.4. The van der Waals surface area contributed by atoms with E-state index >= 15 is 0 Å². The maximum absolute atomic E-state index is 12.6. The van der Waals surface area contributed by atoms with E-state index in [4.69, 9.17) is 28.2 Å². The van der Waals surface area contributed by atoms with Gasteiger partial charge in [0.15, 0.2) is 5.75 Å². The second-order valence-electron chi connectivity index (χ2n) is 9.41. The lowest BCUT2D eigenvalue weighted by Gasteiger charge is -2.10. The number of carbonyl (C=O) groups is 3. The van der Waals surface area contributed by atoms with E-state index in [1.807, 2.05) is 31.2 Å². The van der Waals surface area contributed by atoms with Crippen molar-refractivity contribution >= 4 is 30.5 Å². The summed E-state index contributed by atoms with van der Waals surface area (Å²) in [7, 11) is 0. The summed E-state index contributed by atoms with van der Waals surface area (Å²) in [5.74, 6) is 1.25. The quantitative estimate of drug-likeness (QED) is 0.0138. The Hall–Kier alpha value is -4.74. The Labute approximate surface area is 274 Å². The number of esters is 2. The number of allylic oxidation sites excluding steroid dienone is 1. The van der Waals surface area contributed by atoms with Gasteiger partial charge < -0.3 is 28.6 Å². The van der Waals surface area contributed by atoms with E-state index in [1.165, 1.54) is 0 Å². The maximum atomic E-state index is 12.6. The molecule has 0 saturated carbocycles. The molecular formula is C35H40O10S. The zero-order chi connectivity index (χ0) is 33.4. The molecule has 0 fully saturated rings. The normalized spacial score (nSPS) is 9.96. The van der Waals surface area contributed by atoms with Crippen molar-refractivity contribution in [2.45, 2.75) is 44.4 Å². The highest BCUT2D eigenvalue weighted by Gasteiger charge is 2.12. The molecular weight excluding hydrogens is 612 g/mol. The summed E-state index contributed by atoms with van der Waals surface area (Å²) in [6, 6.07) is 19.0. The Morgan fingerprint density at radius 1 is 0.783 bits per heavy atom. The van der Waals surface area contributed by atoms with E-state index in [1.54, 1.807) is 55.5 Å². The summed E-state index contributed by atoms with van der Waals surface area (Å²) < 4.78 is 31.7. The van der Waals surface area contributed by atoms with Crippen LogP contribution in [0.4, 0.5) is 0 Å². The summed E-state index contributed by atoms with van der Waals surface area (Å²) in [5, 5.41) is 0. The molecule has 11 heteroatoms.